The van der Waals surface area contributed by atoms with E-state index in [1.54, 1.807) is 0 Å². The van der Waals surface area contributed by atoms with Gasteiger partial charge in [-0.2, -0.15) is 0 Å². The van der Waals surface area contributed by atoms with Gasteiger partial charge in [0, 0.05) is 24.4 Å². The molecule has 1 fully saturated rings. The van der Waals surface area contributed by atoms with Gasteiger partial charge in [0.1, 0.15) is 5.82 Å². The summed E-state index contributed by atoms with van der Waals surface area (Å²) in [5.74, 6) is -0.818. The summed E-state index contributed by atoms with van der Waals surface area (Å²) in [7, 11) is 0. The van der Waals surface area contributed by atoms with Crippen LogP contribution in [0.15, 0.2) is 24.3 Å². The van der Waals surface area contributed by atoms with E-state index >= 15 is 4.39 Å². The normalized spacial score (nSPS) is 20.3. The Hall–Kier alpha value is -3.40. The van der Waals surface area contributed by atoms with E-state index in [2.05, 4.69) is 26.3 Å². The van der Waals surface area contributed by atoms with E-state index in [1.165, 1.54) is 0 Å². The van der Waals surface area contributed by atoms with Crippen LogP contribution >= 0.6 is 0 Å². The molecule has 30 heavy (non-hydrogen) atoms. The zero-order valence-electron chi connectivity index (χ0n) is 16.3. The van der Waals surface area contributed by atoms with Crippen LogP contribution in [0.3, 0.4) is 0 Å². The molecule has 0 spiro atoms. The molecule has 0 unspecified atom stereocenters. The molecule has 5 N–H and O–H groups in total. The van der Waals surface area contributed by atoms with Crippen molar-refractivity contribution in [3.05, 3.63) is 46.8 Å². The Balaban J connectivity index is 1.68. The van der Waals surface area contributed by atoms with Crippen molar-refractivity contribution in [1.29, 1.82) is 0 Å². The van der Waals surface area contributed by atoms with Gasteiger partial charge in [-0.3, -0.25) is 4.79 Å². The van der Waals surface area contributed by atoms with Crippen LogP contribution in [0.4, 0.5) is 26.5 Å². The predicted octanol–water partition coefficient (Wildman–Crippen LogP) is 2.35. The minimum absolute atomic E-state index is 0.0375. The first kappa shape index (κ1) is 19.9. The summed E-state index contributed by atoms with van der Waals surface area (Å²) in [6, 6.07) is 6.56. The number of nitrogens with zero attached hydrogens (tertiary/aromatic N) is 1. The molecule has 10 heteroatoms. The third-order valence-corrected chi connectivity index (χ3v) is 5.16. The number of benzene rings is 1. The van der Waals surface area contributed by atoms with Gasteiger partial charge in [0.15, 0.2) is 11.6 Å². The van der Waals surface area contributed by atoms with Gasteiger partial charge in [0.2, 0.25) is 0 Å². The molecule has 2 aliphatic rings. The van der Waals surface area contributed by atoms with Gasteiger partial charge in [-0.15, -0.1) is 0 Å². The molecular formula is C20H22FN5O4. The highest BCUT2D eigenvalue weighted by Crippen LogP contribution is 2.32. The maximum absolute atomic E-state index is 15.2. The molecule has 1 saturated heterocycles. The number of aromatic nitrogens is 1. The Morgan fingerprint density at radius 3 is 2.93 bits per heavy atom. The second-order valence-corrected chi connectivity index (χ2v) is 7.32. The van der Waals surface area contributed by atoms with E-state index in [1.807, 2.05) is 31.2 Å². The third-order valence-electron chi connectivity index (χ3n) is 5.16. The van der Waals surface area contributed by atoms with Crippen LogP contribution in [0.2, 0.25) is 0 Å². The van der Waals surface area contributed by atoms with Gasteiger partial charge in [-0.1, -0.05) is 12.1 Å². The number of carbonyl (C=O) groups is 2. The van der Waals surface area contributed by atoms with Crippen molar-refractivity contribution in [3.63, 3.8) is 0 Å². The summed E-state index contributed by atoms with van der Waals surface area (Å²) in [6.07, 6.45) is -0.711. The minimum atomic E-state index is -1.18. The number of carboxylic acid groups (broad SMARTS) is 1. The first-order valence-electron chi connectivity index (χ1n) is 9.60. The van der Waals surface area contributed by atoms with Crippen molar-refractivity contribution in [3.8, 4) is 0 Å². The van der Waals surface area contributed by atoms with Gasteiger partial charge in [-0.05, 0) is 31.0 Å². The number of halogens is 1. The summed E-state index contributed by atoms with van der Waals surface area (Å²) >= 11 is 0. The Morgan fingerprint density at radius 1 is 1.33 bits per heavy atom. The van der Waals surface area contributed by atoms with Crippen molar-refractivity contribution in [1.82, 2.24) is 15.6 Å². The molecule has 4 rings (SSSR count). The van der Waals surface area contributed by atoms with Gasteiger partial charge in [0.25, 0.3) is 5.91 Å². The molecule has 0 saturated carbocycles. The average molecular weight is 415 g/mol. The van der Waals surface area contributed by atoms with Crippen LogP contribution in [0.25, 0.3) is 0 Å². The van der Waals surface area contributed by atoms with Crippen LogP contribution in [-0.4, -0.2) is 47.4 Å². The molecule has 0 bridgehead atoms. The van der Waals surface area contributed by atoms with Gasteiger partial charge >= 0.3 is 6.09 Å². The minimum Gasteiger partial charge on any atom is -0.465 e. The highest BCUT2D eigenvalue weighted by atomic mass is 19.1. The third kappa shape index (κ3) is 3.99. The summed E-state index contributed by atoms with van der Waals surface area (Å²) < 4.78 is 20.5. The first-order valence-corrected chi connectivity index (χ1v) is 9.60. The lowest BCUT2D eigenvalue weighted by Gasteiger charge is -2.32. The number of anilines is 3. The van der Waals surface area contributed by atoms with Crippen LogP contribution in [0, 0.1) is 12.7 Å². The maximum Gasteiger partial charge on any atom is 0.405 e. The predicted molar refractivity (Wildman–Crippen MR) is 108 cm³/mol. The largest absolute Gasteiger partial charge is 0.465 e. The Labute approximate surface area is 172 Å². The van der Waals surface area contributed by atoms with Crippen LogP contribution in [0.1, 0.15) is 27.9 Å². The SMILES string of the molecule is Cc1cccc(Nc2nc(N[C@@H]3CCOC[C@@H]3NC(=O)O)c(F)c3c2C(=O)NC3)c1. The molecule has 3 heterocycles. The van der Waals surface area contributed by atoms with E-state index < -0.39 is 29.9 Å². The molecule has 2 amide bonds. The number of nitrogens with one attached hydrogen (secondary N) is 4. The fourth-order valence-corrected chi connectivity index (χ4v) is 3.71. The highest BCUT2D eigenvalue weighted by molar-refractivity contribution is 6.03. The molecule has 1 aromatic heterocycles. The van der Waals surface area contributed by atoms with Gasteiger partial charge in [-0.25, -0.2) is 14.2 Å². The van der Waals surface area contributed by atoms with Gasteiger partial charge < -0.3 is 31.1 Å². The Bertz CT molecular complexity index is 999. The first-order chi connectivity index (χ1) is 14.4. The number of hydrogen-bond acceptors (Lipinski definition) is 6. The number of carbonyl (C=O) groups excluding carboxylic acids is 1. The monoisotopic (exact) mass is 415 g/mol. The highest BCUT2D eigenvalue weighted by Gasteiger charge is 2.33. The van der Waals surface area contributed by atoms with E-state index in [0.717, 1.165) is 11.3 Å². The Morgan fingerprint density at radius 2 is 2.17 bits per heavy atom. The van der Waals surface area contributed by atoms with E-state index in [0.29, 0.717) is 13.0 Å². The zero-order valence-corrected chi connectivity index (χ0v) is 16.3. The smallest absolute Gasteiger partial charge is 0.405 e. The quantitative estimate of drug-likeness (QED) is 0.508. The van der Waals surface area contributed by atoms with Gasteiger partial charge in [0.05, 0.1) is 24.3 Å². The zero-order chi connectivity index (χ0) is 21.3. The van der Waals surface area contributed by atoms with E-state index in [4.69, 9.17) is 9.84 Å². The second kappa shape index (κ2) is 8.15. The molecule has 158 valence electrons. The second-order valence-electron chi connectivity index (χ2n) is 7.32. The van der Waals surface area contributed by atoms with E-state index in [-0.39, 0.29) is 35.9 Å². The molecule has 1 aromatic carbocycles. The number of hydrogen-bond donors (Lipinski definition) is 5. The van der Waals surface area contributed by atoms with Crippen molar-refractivity contribution in [2.24, 2.45) is 0 Å². The van der Waals surface area contributed by atoms with Crippen LogP contribution < -0.4 is 21.3 Å². The number of ether oxygens (including phenoxy) is 1. The number of amides is 2. The molecule has 2 aromatic rings. The lowest BCUT2D eigenvalue weighted by molar-refractivity contribution is 0.0625. The van der Waals surface area contributed by atoms with Crippen molar-refractivity contribution >= 4 is 29.3 Å². The summed E-state index contributed by atoms with van der Waals surface area (Å²) in [6.45, 7) is 2.58. The molecule has 9 nitrogen and oxygen atoms in total. The summed E-state index contributed by atoms with van der Waals surface area (Å²) in [5, 5.41) is 20.2. The Kier molecular flexibility index (Phi) is 5.40. The number of fused-ring (bicyclic) bond motifs is 1. The number of rotatable bonds is 5. The van der Waals surface area contributed by atoms with Crippen molar-refractivity contribution in [2.45, 2.75) is 32.0 Å². The molecule has 2 aliphatic heterocycles. The van der Waals surface area contributed by atoms with Crippen molar-refractivity contribution in [2.75, 3.05) is 23.8 Å². The lowest BCUT2D eigenvalue weighted by Crippen LogP contribution is -2.52. The molecule has 0 radical (unpaired) electrons. The standard InChI is InChI=1S/C20H22FN5O4/c1-10-3-2-4-11(7-10)23-17-15-12(8-22-19(15)27)16(21)18(26-17)24-13-5-6-30-9-14(13)25-20(28)29/h2-4,7,13-14,25H,5-6,8-9H2,1H3,(H,22,27)(H,28,29)(H2,23,24,26)/t13-,14+/m1/s1. The van der Waals surface area contributed by atoms with Crippen molar-refractivity contribution < 1.29 is 23.8 Å². The summed E-state index contributed by atoms with van der Waals surface area (Å²) in [4.78, 5) is 27.7. The number of aryl methyl sites for hydroxylation is 1. The molecule has 0 aliphatic carbocycles. The topological polar surface area (TPSA) is 125 Å². The molecular weight excluding hydrogens is 393 g/mol. The number of pyridine rings is 1. The van der Waals surface area contributed by atoms with E-state index in [9.17, 15) is 9.59 Å². The van der Waals surface area contributed by atoms with Crippen LogP contribution in [0.5, 0.6) is 0 Å². The summed E-state index contributed by atoms with van der Waals surface area (Å²) in [5.41, 5.74) is 2.14. The fourth-order valence-electron chi connectivity index (χ4n) is 3.71. The maximum atomic E-state index is 15.2. The fraction of sp³-hybridized carbons (Fsp3) is 0.350. The average Bonchev–Trinajstić information content (AvgIpc) is 3.09. The lowest BCUT2D eigenvalue weighted by atomic mass is 10.0. The molecule has 2 atom stereocenters. The van der Waals surface area contributed by atoms with Crippen LogP contribution in [-0.2, 0) is 11.3 Å².